The summed E-state index contributed by atoms with van der Waals surface area (Å²) in [6.07, 6.45) is -0.364. The molecule has 35 heavy (non-hydrogen) atoms. The summed E-state index contributed by atoms with van der Waals surface area (Å²) < 4.78 is 0. The molecule has 4 amide bonds. The number of rotatable bonds is 14. The monoisotopic (exact) mass is 495 g/mol. The van der Waals surface area contributed by atoms with Crippen LogP contribution in [0, 0.1) is 5.92 Å². The Balaban J connectivity index is 3.12. The third-order valence-electron chi connectivity index (χ3n) is 4.90. The molecule has 4 atom stereocenters. The molecule has 0 aliphatic rings. The van der Waals surface area contributed by atoms with E-state index >= 15 is 0 Å². The van der Waals surface area contributed by atoms with Crippen molar-refractivity contribution in [1.82, 2.24) is 16.0 Å². The quantitative estimate of drug-likeness (QED) is 0.138. The SMILES string of the molecule is CC(C)CC(NC(=O)C(Cc1ccc(O)cc1)NC(=O)C(N)CC(N)=O)C(=O)NC(CO)C(=O)O. The molecule has 1 rings (SSSR count). The maximum atomic E-state index is 13.1. The molecule has 1 aromatic carbocycles. The number of amides is 4. The van der Waals surface area contributed by atoms with Crippen LogP contribution in [0.2, 0.25) is 0 Å². The lowest BCUT2D eigenvalue weighted by Crippen LogP contribution is -2.58. The van der Waals surface area contributed by atoms with Gasteiger partial charge in [-0.1, -0.05) is 26.0 Å². The zero-order chi connectivity index (χ0) is 26.7. The molecular formula is C22H33N5O8. The normalized spacial score (nSPS) is 14.3. The predicted octanol–water partition coefficient (Wildman–Crippen LogP) is -2.29. The molecule has 0 aliphatic heterocycles. The number of aliphatic carboxylic acids is 1. The summed E-state index contributed by atoms with van der Waals surface area (Å²) in [6.45, 7) is 2.72. The van der Waals surface area contributed by atoms with Crippen LogP contribution in [0.15, 0.2) is 24.3 Å². The van der Waals surface area contributed by atoms with Gasteiger partial charge in [-0.25, -0.2) is 4.79 Å². The Kier molecular flexibility index (Phi) is 11.6. The van der Waals surface area contributed by atoms with Gasteiger partial charge in [0.15, 0.2) is 0 Å². The zero-order valence-corrected chi connectivity index (χ0v) is 19.6. The molecule has 0 heterocycles. The molecule has 0 aliphatic carbocycles. The van der Waals surface area contributed by atoms with Crippen molar-refractivity contribution in [3.63, 3.8) is 0 Å². The smallest absolute Gasteiger partial charge is 0.328 e. The minimum Gasteiger partial charge on any atom is -0.508 e. The number of aliphatic hydroxyl groups excluding tert-OH is 1. The molecular weight excluding hydrogens is 462 g/mol. The molecule has 13 heteroatoms. The molecule has 4 unspecified atom stereocenters. The maximum Gasteiger partial charge on any atom is 0.328 e. The lowest BCUT2D eigenvalue weighted by atomic mass is 10.0. The van der Waals surface area contributed by atoms with Crippen LogP contribution < -0.4 is 27.4 Å². The van der Waals surface area contributed by atoms with Gasteiger partial charge in [-0.2, -0.15) is 0 Å². The van der Waals surface area contributed by atoms with E-state index < -0.39 is 66.8 Å². The Labute approximate surface area is 202 Å². The van der Waals surface area contributed by atoms with E-state index in [4.69, 9.17) is 16.6 Å². The van der Waals surface area contributed by atoms with E-state index in [0.717, 1.165) is 0 Å². The van der Waals surface area contributed by atoms with Crippen molar-refractivity contribution in [1.29, 1.82) is 0 Å². The van der Waals surface area contributed by atoms with E-state index in [1.807, 2.05) is 0 Å². The molecule has 0 saturated heterocycles. The number of carboxylic acid groups (broad SMARTS) is 1. The molecule has 0 aromatic heterocycles. The number of hydrogen-bond acceptors (Lipinski definition) is 8. The van der Waals surface area contributed by atoms with Crippen molar-refractivity contribution in [3.8, 4) is 5.75 Å². The molecule has 10 N–H and O–H groups in total. The maximum absolute atomic E-state index is 13.1. The second kappa shape index (κ2) is 13.9. The number of phenolic OH excluding ortho intramolecular Hbond substituents is 1. The van der Waals surface area contributed by atoms with Crippen LogP contribution in [0.4, 0.5) is 0 Å². The van der Waals surface area contributed by atoms with Crippen LogP contribution >= 0.6 is 0 Å². The van der Waals surface area contributed by atoms with Crippen molar-refractivity contribution in [2.75, 3.05) is 6.61 Å². The van der Waals surface area contributed by atoms with Crippen LogP contribution in [-0.4, -0.2) is 75.7 Å². The number of carbonyl (C=O) groups is 5. The molecule has 0 spiro atoms. The number of phenols is 1. The summed E-state index contributed by atoms with van der Waals surface area (Å²) in [7, 11) is 0. The topological polar surface area (TPSA) is 234 Å². The van der Waals surface area contributed by atoms with Gasteiger partial charge in [0.05, 0.1) is 19.1 Å². The molecule has 194 valence electrons. The van der Waals surface area contributed by atoms with Gasteiger partial charge in [-0.05, 0) is 30.0 Å². The van der Waals surface area contributed by atoms with E-state index in [1.54, 1.807) is 13.8 Å². The van der Waals surface area contributed by atoms with Gasteiger partial charge in [-0.3, -0.25) is 19.2 Å². The number of aliphatic hydroxyl groups is 1. The van der Waals surface area contributed by atoms with E-state index in [0.29, 0.717) is 5.56 Å². The first-order chi connectivity index (χ1) is 16.3. The summed E-state index contributed by atoms with van der Waals surface area (Å²) in [5.41, 5.74) is 11.3. The number of nitrogens with one attached hydrogen (secondary N) is 3. The molecule has 0 saturated carbocycles. The van der Waals surface area contributed by atoms with E-state index in [-0.39, 0.29) is 24.5 Å². The highest BCUT2D eigenvalue weighted by atomic mass is 16.4. The summed E-state index contributed by atoms with van der Waals surface area (Å²) in [4.78, 5) is 60.5. The summed E-state index contributed by atoms with van der Waals surface area (Å²) >= 11 is 0. The Morgan fingerprint density at radius 2 is 1.40 bits per heavy atom. The third-order valence-corrected chi connectivity index (χ3v) is 4.90. The minimum atomic E-state index is -1.56. The van der Waals surface area contributed by atoms with Crippen molar-refractivity contribution >= 4 is 29.6 Å². The first-order valence-electron chi connectivity index (χ1n) is 10.9. The van der Waals surface area contributed by atoms with Gasteiger partial charge in [0, 0.05) is 6.42 Å². The fraction of sp³-hybridized carbons (Fsp3) is 0.500. The van der Waals surface area contributed by atoms with Crippen molar-refractivity contribution in [2.24, 2.45) is 17.4 Å². The van der Waals surface area contributed by atoms with Crippen molar-refractivity contribution < 1.29 is 39.3 Å². The number of nitrogens with two attached hydrogens (primary N) is 2. The lowest BCUT2D eigenvalue weighted by molar-refractivity contribution is -0.143. The van der Waals surface area contributed by atoms with Gasteiger partial charge in [-0.15, -0.1) is 0 Å². The van der Waals surface area contributed by atoms with Crippen LogP contribution in [0.3, 0.4) is 0 Å². The highest BCUT2D eigenvalue weighted by Crippen LogP contribution is 2.12. The average Bonchev–Trinajstić information content (AvgIpc) is 2.76. The standard InChI is InChI=1S/C22H33N5O8/c1-11(2)7-15(20(32)27-17(10-28)22(34)35)26-21(33)16(8-12-3-5-13(29)6-4-12)25-19(31)14(23)9-18(24)30/h3-6,11,14-17,28-29H,7-10,23H2,1-2H3,(H2,24,30)(H,25,31)(H,26,33)(H,27,32)(H,34,35). The number of benzene rings is 1. The average molecular weight is 496 g/mol. The fourth-order valence-corrected chi connectivity index (χ4v) is 3.10. The largest absolute Gasteiger partial charge is 0.508 e. The molecule has 0 bridgehead atoms. The van der Waals surface area contributed by atoms with Gasteiger partial charge >= 0.3 is 5.97 Å². The second-order valence-electron chi connectivity index (χ2n) is 8.48. The van der Waals surface area contributed by atoms with E-state index in [1.165, 1.54) is 24.3 Å². The molecule has 13 nitrogen and oxygen atoms in total. The lowest BCUT2D eigenvalue weighted by Gasteiger charge is -2.26. The number of hydrogen-bond donors (Lipinski definition) is 8. The van der Waals surface area contributed by atoms with Crippen molar-refractivity contribution in [3.05, 3.63) is 29.8 Å². The third kappa shape index (κ3) is 10.4. The van der Waals surface area contributed by atoms with E-state index in [9.17, 15) is 34.2 Å². The second-order valence-corrected chi connectivity index (χ2v) is 8.48. The van der Waals surface area contributed by atoms with Gasteiger partial charge in [0.2, 0.25) is 23.6 Å². The van der Waals surface area contributed by atoms with Crippen LogP contribution in [0.25, 0.3) is 0 Å². The first-order valence-corrected chi connectivity index (χ1v) is 10.9. The molecule has 0 radical (unpaired) electrons. The Hall–Kier alpha value is -3.71. The number of primary amides is 1. The van der Waals surface area contributed by atoms with Crippen molar-refractivity contribution in [2.45, 2.75) is 57.3 Å². The predicted molar refractivity (Wildman–Crippen MR) is 124 cm³/mol. The van der Waals surface area contributed by atoms with E-state index in [2.05, 4.69) is 16.0 Å². The summed E-state index contributed by atoms with van der Waals surface area (Å²) in [6, 6.07) is 0.564. The first kappa shape index (κ1) is 29.3. The van der Waals surface area contributed by atoms with Crippen LogP contribution in [-0.2, 0) is 30.4 Å². The number of carbonyl (C=O) groups excluding carboxylic acids is 4. The minimum absolute atomic E-state index is 0.00666. The summed E-state index contributed by atoms with van der Waals surface area (Å²) in [5.74, 6) is -4.76. The van der Waals surface area contributed by atoms with Gasteiger partial charge in [0.1, 0.15) is 23.9 Å². The number of aromatic hydroxyl groups is 1. The molecule has 1 aromatic rings. The Morgan fingerprint density at radius 1 is 0.886 bits per heavy atom. The van der Waals surface area contributed by atoms with Gasteiger partial charge in [0.25, 0.3) is 0 Å². The van der Waals surface area contributed by atoms with Crippen LogP contribution in [0.5, 0.6) is 5.75 Å². The molecule has 0 fully saturated rings. The highest BCUT2D eigenvalue weighted by molar-refractivity contribution is 5.95. The van der Waals surface area contributed by atoms with Crippen LogP contribution in [0.1, 0.15) is 32.3 Å². The zero-order valence-electron chi connectivity index (χ0n) is 19.6. The Morgan fingerprint density at radius 3 is 1.89 bits per heavy atom. The Bertz CT molecular complexity index is 906. The van der Waals surface area contributed by atoms with Gasteiger partial charge < -0.3 is 42.7 Å². The number of carboxylic acids is 1. The summed E-state index contributed by atoms with van der Waals surface area (Å²) in [5, 5.41) is 34.9. The fourth-order valence-electron chi connectivity index (χ4n) is 3.10. The highest BCUT2D eigenvalue weighted by Gasteiger charge is 2.31.